The number of benzene rings is 1. The van der Waals surface area contributed by atoms with Crippen LogP contribution in [0.4, 0.5) is 0 Å². The Morgan fingerprint density at radius 1 is 1.20 bits per heavy atom. The second-order valence-electron chi connectivity index (χ2n) is 3.89. The van der Waals surface area contributed by atoms with E-state index < -0.39 is 0 Å². The number of aliphatic imine (C=N–C) groups is 1. The molecule has 1 fully saturated rings. The van der Waals surface area contributed by atoms with E-state index in [1.807, 2.05) is 30.3 Å². The lowest BCUT2D eigenvalue weighted by molar-refractivity contribution is 0.0199. The fourth-order valence-corrected chi connectivity index (χ4v) is 2.01. The molecule has 2 heterocycles. The summed E-state index contributed by atoms with van der Waals surface area (Å²) < 4.78 is 11.2. The maximum Gasteiger partial charge on any atom is 0.216 e. The molecule has 15 heavy (non-hydrogen) atoms. The molecule has 0 aliphatic carbocycles. The third-order valence-electron chi connectivity index (χ3n) is 2.83. The van der Waals surface area contributed by atoms with Crippen LogP contribution in [0.25, 0.3) is 0 Å². The van der Waals surface area contributed by atoms with E-state index in [2.05, 4.69) is 4.99 Å². The molecule has 2 aliphatic heterocycles. The Hall–Kier alpha value is -1.35. The number of ether oxygens (including phenoxy) is 2. The van der Waals surface area contributed by atoms with Crippen molar-refractivity contribution < 1.29 is 9.47 Å². The molecule has 1 saturated heterocycles. The first-order valence-corrected chi connectivity index (χ1v) is 5.31. The summed E-state index contributed by atoms with van der Waals surface area (Å²) in [6.07, 6.45) is 1.18. The van der Waals surface area contributed by atoms with Crippen molar-refractivity contribution in [1.82, 2.24) is 0 Å². The van der Waals surface area contributed by atoms with E-state index in [-0.39, 0.29) is 12.1 Å². The Bertz CT molecular complexity index is 374. The van der Waals surface area contributed by atoms with E-state index in [0.717, 1.165) is 24.5 Å². The van der Waals surface area contributed by atoms with Crippen LogP contribution in [0, 0.1) is 0 Å². The lowest BCUT2D eigenvalue weighted by atomic mass is 10.1. The monoisotopic (exact) mass is 203 g/mol. The second kappa shape index (κ2) is 3.66. The zero-order valence-electron chi connectivity index (χ0n) is 8.43. The summed E-state index contributed by atoms with van der Waals surface area (Å²) in [5.41, 5.74) is 1.06. The molecule has 0 saturated carbocycles. The highest BCUT2D eigenvalue weighted by molar-refractivity contribution is 5.95. The third-order valence-corrected chi connectivity index (χ3v) is 2.83. The molecule has 2 atom stereocenters. The Morgan fingerprint density at radius 2 is 2.07 bits per heavy atom. The molecule has 3 heteroatoms. The number of rotatable bonds is 1. The summed E-state index contributed by atoms with van der Waals surface area (Å²) in [6, 6.07) is 10.2. The molecule has 78 valence electrons. The Balaban J connectivity index is 1.84. The van der Waals surface area contributed by atoms with E-state index in [1.165, 1.54) is 0 Å². The summed E-state index contributed by atoms with van der Waals surface area (Å²) in [4.78, 5) is 4.55. The van der Waals surface area contributed by atoms with Crippen molar-refractivity contribution in [2.45, 2.75) is 18.6 Å². The molecule has 0 aromatic heterocycles. The van der Waals surface area contributed by atoms with Gasteiger partial charge in [-0.25, -0.2) is 4.99 Å². The Kier molecular flexibility index (Phi) is 2.18. The van der Waals surface area contributed by atoms with E-state index in [0.29, 0.717) is 6.61 Å². The van der Waals surface area contributed by atoms with Gasteiger partial charge in [0.25, 0.3) is 0 Å². The molecule has 0 spiro atoms. The minimum atomic E-state index is 0.203. The minimum absolute atomic E-state index is 0.203. The van der Waals surface area contributed by atoms with Gasteiger partial charge in [-0.3, -0.25) is 0 Å². The second-order valence-corrected chi connectivity index (χ2v) is 3.89. The average molecular weight is 203 g/mol. The predicted octanol–water partition coefficient (Wildman–Crippen LogP) is 1.62. The summed E-state index contributed by atoms with van der Waals surface area (Å²) in [6.45, 7) is 1.49. The van der Waals surface area contributed by atoms with Crippen molar-refractivity contribution in [1.29, 1.82) is 0 Å². The number of nitrogens with zero attached hydrogens (tertiary/aromatic N) is 1. The smallest absolute Gasteiger partial charge is 0.216 e. The zero-order chi connectivity index (χ0) is 10.1. The molecular formula is C12H13NO2. The first-order chi connectivity index (χ1) is 7.43. The quantitative estimate of drug-likeness (QED) is 0.694. The zero-order valence-corrected chi connectivity index (χ0v) is 8.43. The van der Waals surface area contributed by atoms with Gasteiger partial charge in [0.15, 0.2) is 0 Å². The molecule has 0 amide bonds. The van der Waals surface area contributed by atoms with Gasteiger partial charge < -0.3 is 9.47 Å². The molecule has 0 radical (unpaired) electrons. The highest BCUT2D eigenvalue weighted by Gasteiger charge is 2.33. The van der Waals surface area contributed by atoms with Crippen molar-refractivity contribution in [3.05, 3.63) is 35.9 Å². The molecule has 3 rings (SSSR count). The normalized spacial score (nSPS) is 29.2. The number of hydrogen-bond acceptors (Lipinski definition) is 3. The lowest BCUT2D eigenvalue weighted by Gasteiger charge is -2.22. The van der Waals surface area contributed by atoms with Gasteiger partial charge in [-0.1, -0.05) is 18.2 Å². The number of fused-ring (bicyclic) bond motifs is 1. The maximum atomic E-state index is 5.82. The standard InChI is InChI=1S/C12H13NO2/c1-2-4-9(5-3-1)12-13-10-8-14-7-6-11(10)15-12/h1-5,10-11H,6-8H2. The van der Waals surface area contributed by atoms with Crippen LogP contribution in [-0.4, -0.2) is 31.3 Å². The molecular weight excluding hydrogens is 190 g/mol. The van der Waals surface area contributed by atoms with E-state index in [4.69, 9.17) is 9.47 Å². The molecule has 2 unspecified atom stereocenters. The van der Waals surface area contributed by atoms with Crippen LogP contribution in [0.1, 0.15) is 12.0 Å². The fraction of sp³-hybridized carbons (Fsp3) is 0.417. The lowest BCUT2D eigenvalue weighted by Crippen LogP contribution is -2.33. The fourth-order valence-electron chi connectivity index (χ4n) is 2.01. The molecule has 2 aliphatic rings. The van der Waals surface area contributed by atoms with Crippen molar-refractivity contribution >= 4 is 5.90 Å². The van der Waals surface area contributed by atoms with Crippen LogP contribution < -0.4 is 0 Å². The van der Waals surface area contributed by atoms with Crippen molar-refractivity contribution in [3.8, 4) is 0 Å². The van der Waals surface area contributed by atoms with Crippen LogP contribution in [0.5, 0.6) is 0 Å². The summed E-state index contributed by atoms with van der Waals surface area (Å²) in [5.74, 6) is 0.774. The summed E-state index contributed by atoms with van der Waals surface area (Å²) >= 11 is 0. The topological polar surface area (TPSA) is 30.8 Å². The minimum Gasteiger partial charge on any atom is -0.472 e. The van der Waals surface area contributed by atoms with Gasteiger partial charge in [-0.15, -0.1) is 0 Å². The Labute approximate surface area is 88.7 Å². The van der Waals surface area contributed by atoms with Gasteiger partial charge in [0, 0.05) is 12.0 Å². The summed E-state index contributed by atoms with van der Waals surface area (Å²) in [5, 5.41) is 0. The maximum absolute atomic E-state index is 5.82. The molecule has 3 nitrogen and oxygen atoms in total. The SMILES string of the molecule is c1ccc(C2=NC3COCCC3O2)cc1. The first kappa shape index (κ1) is 8.92. The van der Waals surface area contributed by atoms with E-state index in [1.54, 1.807) is 0 Å². The molecule has 0 bridgehead atoms. The van der Waals surface area contributed by atoms with Crippen LogP contribution >= 0.6 is 0 Å². The van der Waals surface area contributed by atoms with Gasteiger partial charge >= 0.3 is 0 Å². The highest BCUT2D eigenvalue weighted by atomic mass is 16.5. The van der Waals surface area contributed by atoms with Gasteiger partial charge in [0.1, 0.15) is 12.1 Å². The average Bonchev–Trinajstić information content (AvgIpc) is 2.74. The van der Waals surface area contributed by atoms with E-state index >= 15 is 0 Å². The molecule has 1 aromatic carbocycles. The molecule has 0 N–H and O–H groups in total. The van der Waals surface area contributed by atoms with Crippen LogP contribution in [-0.2, 0) is 9.47 Å². The number of hydrogen-bond donors (Lipinski definition) is 0. The van der Waals surface area contributed by atoms with Crippen molar-refractivity contribution in [3.63, 3.8) is 0 Å². The van der Waals surface area contributed by atoms with Gasteiger partial charge in [-0.2, -0.15) is 0 Å². The third kappa shape index (κ3) is 1.63. The Morgan fingerprint density at radius 3 is 2.87 bits per heavy atom. The summed E-state index contributed by atoms with van der Waals surface area (Å²) in [7, 11) is 0. The van der Waals surface area contributed by atoms with Gasteiger partial charge in [-0.05, 0) is 12.1 Å². The van der Waals surface area contributed by atoms with Gasteiger partial charge in [0.05, 0.1) is 13.2 Å². The van der Waals surface area contributed by atoms with E-state index in [9.17, 15) is 0 Å². The van der Waals surface area contributed by atoms with Crippen LogP contribution in [0.3, 0.4) is 0 Å². The van der Waals surface area contributed by atoms with Crippen molar-refractivity contribution in [2.24, 2.45) is 4.99 Å². The molecule has 1 aromatic rings. The first-order valence-electron chi connectivity index (χ1n) is 5.31. The van der Waals surface area contributed by atoms with Crippen molar-refractivity contribution in [2.75, 3.05) is 13.2 Å². The highest BCUT2D eigenvalue weighted by Crippen LogP contribution is 2.23. The predicted molar refractivity (Wildman–Crippen MR) is 57.1 cm³/mol. The largest absolute Gasteiger partial charge is 0.472 e. The van der Waals surface area contributed by atoms with Crippen LogP contribution in [0.2, 0.25) is 0 Å². The van der Waals surface area contributed by atoms with Gasteiger partial charge in [0.2, 0.25) is 5.90 Å². The van der Waals surface area contributed by atoms with Crippen LogP contribution in [0.15, 0.2) is 35.3 Å².